The molecule has 1 aliphatic rings. The molecule has 0 atom stereocenters. The number of nitrogens with zero attached hydrogens (tertiary/aromatic N) is 2. The first-order valence-corrected chi connectivity index (χ1v) is 6.13. The second-order valence-corrected chi connectivity index (χ2v) is 4.69. The van der Waals surface area contributed by atoms with Crippen molar-refractivity contribution >= 4 is 0 Å². The Bertz CT molecular complexity index is 555. The molecule has 88 valence electrons. The van der Waals surface area contributed by atoms with Crippen LogP contribution in [0.5, 0.6) is 0 Å². The molecule has 17 heavy (non-hydrogen) atoms. The zero-order valence-electron chi connectivity index (χ0n) is 10.1. The lowest BCUT2D eigenvalue weighted by Crippen LogP contribution is -1.99. The normalized spacial score (nSPS) is 14.0. The van der Waals surface area contributed by atoms with E-state index in [2.05, 4.69) is 29.4 Å². The number of fused-ring (bicyclic) bond motifs is 1. The number of aryl methyl sites for hydroxylation is 3. The van der Waals surface area contributed by atoms with E-state index < -0.39 is 0 Å². The van der Waals surface area contributed by atoms with Crippen LogP contribution in [0.3, 0.4) is 0 Å². The highest BCUT2D eigenvalue weighted by Gasteiger charge is 2.13. The largest absolute Gasteiger partial charge is 0.325 e. The zero-order chi connectivity index (χ0) is 11.8. The van der Waals surface area contributed by atoms with Crippen molar-refractivity contribution in [2.45, 2.75) is 25.8 Å². The summed E-state index contributed by atoms with van der Waals surface area (Å²) in [4.78, 5) is 0. The van der Waals surface area contributed by atoms with Crippen LogP contribution in [0.15, 0.2) is 24.3 Å². The molecule has 0 radical (unpaired) electrons. The average molecular weight is 227 g/mol. The van der Waals surface area contributed by atoms with Crippen molar-refractivity contribution in [1.29, 1.82) is 0 Å². The Labute approximate surface area is 101 Å². The monoisotopic (exact) mass is 227 g/mol. The Kier molecular flexibility index (Phi) is 2.48. The maximum Gasteiger partial charge on any atom is 0.0766 e. The molecule has 1 aromatic carbocycles. The average Bonchev–Trinajstić information content (AvgIpc) is 2.93. The highest BCUT2D eigenvalue weighted by atomic mass is 15.3. The van der Waals surface area contributed by atoms with Gasteiger partial charge < -0.3 is 5.73 Å². The molecular formula is C14H17N3. The van der Waals surface area contributed by atoms with Gasteiger partial charge in [0, 0.05) is 19.2 Å². The van der Waals surface area contributed by atoms with E-state index in [0.717, 1.165) is 11.4 Å². The zero-order valence-corrected chi connectivity index (χ0v) is 10.1. The van der Waals surface area contributed by atoms with E-state index in [0.29, 0.717) is 6.54 Å². The van der Waals surface area contributed by atoms with Crippen LogP contribution >= 0.6 is 0 Å². The molecule has 0 unspecified atom stereocenters. The third-order valence-electron chi connectivity index (χ3n) is 3.53. The van der Waals surface area contributed by atoms with Gasteiger partial charge >= 0.3 is 0 Å². The first-order chi connectivity index (χ1) is 8.28. The Hall–Kier alpha value is -1.61. The summed E-state index contributed by atoms with van der Waals surface area (Å²) in [5, 5.41) is 4.39. The molecule has 0 fully saturated rings. The minimum atomic E-state index is 0.499. The van der Waals surface area contributed by atoms with Crippen molar-refractivity contribution in [2.24, 2.45) is 12.8 Å². The molecule has 1 aromatic heterocycles. The van der Waals surface area contributed by atoms with Gasteiger partial charge in [-0.25, -0.2) is 0 Å². The van der Waals surface area contributed by atoms with E-state index in [9.17, 15) is 0 Å². The standard InChI is InChI=1S/C14H17N3/c1-17-14(8-13(9-15)16-17)12-6-5-10-3-2-4-11(10)7-12/h5-8H,2-4,9,15H2,1H3. The Morgan fingerprint density at radius 1 is 1.24 bits per heavy atom. The first-order valence-electron chi connectivity index (χ1n) is 6.13. The van der Waals surface area contributed by atoms with Crippen molar-refractivity contribution in [3.8, 4) is 11.3 Å². The van der Waals surface area contributed by atoms with Crippen molar-refractivity contribution in [2.75, 3.05) is 0 Å². The van der Waals surface area contributed by atoms with Gasteiger partial charge in [0.15, 0.2) is 0 Å². The van der Waals surface area contributed by atoms with Gasteiger partial charge in [-0.3, -0.25) is 4.68 Å². The number of benzene rings is 1. The van der Waals surface area contributed by atoms with Crippen molar-refractivity contribution in [3.63, 3.8) is 0 Å². The van der Waals surface area contributed by atoms with Crippen molar-refractivity contribution < 1.29 is 0 Å². The highest BCUT2D eigenvalue weighted by Crippen LogP contribution is 2.28. The molecule has 1 heterocycles. The maximum atomic E-state index is 5.62. The maximum absolute atomic E-state index is 5.62. The predicted octanol–water partition coefficient (Wildman–Crippen LogP) is 2.03. The number of hydrogen-bond donors (Lipinski definition) is 1. The summed E-state index contributed by atoms with van der Waals surface area (Å²) < 4.78 is 1.92. The van der Waals surface area contributed by atoms with Crippen LogP contribution in [-0.2, 0) is 26.4 Å². The second kappa shape index (κ2) is 4.00. The summed E-state index contributed by atoms with van der Waals surface area (Å²) in [7, 11) is 1.97. The van der Waals surface area contributed by atoms with E-state index in [4.69, 9.17) is 5.73 Å². The highest BCUT2D eigenvalue weighted by molar-refractivity contribution is 5.62. The third-order valence-corrected chi connectivity index (χ3v) is 3.53. The van der Waals surface area contributed by atoms with Gasteiger partial charge in [-0.05, 0) is 42.5 Å². The Morgan fingerprint density at radius 2 is 2.06 bits per heavy atom. The van der Waals surface area contributed by atoms with Crippen molar-refractivity contribution in [1.82, 2.24) is 9.78 Å². The quantitative estimate of drug-likeness (QED) is 0.853. The first kappa shape index (κ1) is 10.5. The van der Waals surface area contributed by atoms with Crippen LogP contribution < -0.4 is 5.73 Å². The smallest absolute Gasteiger partial charge is 0.0766 e. The summed E-state index contributed by atoms with van der Waals surface area (Å²) >= 11 is 0. The summed E-state index contributed by atoms with van der Waals surface area (Å²) in [5.74, 6) is 0. The van der Waals surface area contributed by atoms with Crippen molar-refractivity contribution in [3.05, 3.63) is 41.1 Å². The molecule has 3 heteroatoms. The molecule has 2 N–H and O–H groups in total. The number of rotatable bonds is 2. The summed E-state index contributed by atoms with van der Waals surface area (Å²) in [6.07, 6.45) is 3.73. The minimum absolute atomic E-state index is 0.499. The lowest BCUT2D eigenvalue weighted by Gasteiger charge is -2.05. The van der Waals surface area contributed by atoms with Crippen LogP contribution in [0.4, 0.5) is 0 Å². The number of nitrogens with two attached hydrogens (primary N) is 1. The predicted molar refractivity (Wildman–Crippen MR) is 68.6 cm³/mol. The summed E-state index contributed by atoms with van der Waals surface area (Å²) in [6.45, 7) is 0.499. The molecule has 0 amide bonds. The molecule has 3 rings (SSSR count). The third kappa shape index (κ3) is 1.76. The van der Waals surface area contributed by atoms with Crippen LogP contribution in [0.1, 0.15) is 23.2 Å². The second-order valence-electron chi connectivity index (χ2n) is 4.69. The lowest BCUT2D eigenvalue weighted by atomic mass is 10.0. The fraction of sp³-hybridized carbons (Fsp3) is 0.357. The number of hydrogen-bond acceptors (Lipinski definition) is 2. The van der Waals surface area contributed by atoms with E-state index in [-0.39, 0.29) is 0 Å². The lowest BCUT2D eigenvalue weighted by molar-refractivity contribution is 0.749. The van der Waals surface area contributed by atoms with Gasteiger partial charge in [-0.15, -0.1) is 0 Å². The topological polar surface area (TPSA) is 43.8 Å². The molecule has 0 aliphatic heterocycles. The van der Waals surface area contributed by atoms with Gasteiger partial charge in [-0.1, -0.05) is 12.1 Å². The Balaban J connectivity index is 2.06. The van der Waals surface area contributed by atoms with Gasteiger partial charge in [0.2, 0.25) is 0 Å². The van der Waals surface area contributed by atoms with E-state index in [1.165, 1.54) is 36.0 Å². The van der Waals surface area contributed by atoms with Gasteiger partial charge in [-0.2, -0.15) is 5.10 Å². The minimum Gasteiger partial charge on any atom is -0.325 e. The summed E-state index contributed by atoms with van der Waals surface area (Å²) in [5.41, 5.74) is 12.0. The van der Waals surface area contributed by atoms with Gasteiger partial charge in [0.25, 0.3) is 0 Å². The van der Waals surface area contributed by atoms with Crippen LogP contribution in [0.25, 0.3) is 11.3 Å². The Morgan fingerprint density at radius 3 is 2.82 bits per heavy atom. The van der Waals surface area contributed by atoms with Crippen LogP contribution in [0, 0.1) is 0 Å². The van der Waals surface area contributed by atoms with E-state index in [1.54, 1.807) is 0 Å². The van der Waals surface area contributed by atoms with Gasteiger partial charge in [0.1, 0.15) is 0 Å². The SMILES string of the molecule is Cn1nc(CN)cc1-c1ccc2c(c1)CCC2. The molecule has 0 saturated carbocycles. The van der Waals surface area contributed by atoms with E-state index >= 15 is 0 Å². The molecule has 0 bridgehead atoms. The molecule has 1 aliphatic carbocycles. The summed E-state index contributed by atoms with van der Waals surface area (Å²) in [6, 6.07) is 8.84. The molecule has 3 nitrogen and oxygen atoms in total. The number of aromatic nitrogens is 2. The fourth-order valence-electron chi connectivity index (χ4n) is 2.63. The fourth-order valence-corrected chi connectivity index (χ4v) is 2.63. The van der Waals surface area contributed by atoms with Gasteiger partial charge in [0.05, 0.1) is 11.4 Å². The molecule has 2 aromatic rings. The van der Waals surface area contributed by atoms with Crippen LogP contribution in [-0.4, -0.2) is 9.78 Å². The molecular weight excluding hydrogens is 210 g/mol. The molecule has 0 saturated heterocycles. The van der Waals surface area contributed by atoms with Crippen LogP contribution in [0.2, 0.25) is 0 Å². The van der Waals surface area contributed by atoms with E-state index in [1.807, 2.05) is 11.7 Å². The molecule has 0 spiro atoms.